The molecule has 0 saturated heterocycles. The molecule has 2 aliphatic carbocycles. The number of carbonyl (C=O) groups excluding carboxylic acids is 1. The Morgan fingerprint density at radius 3 is 2.64 bits per heavy atom. The molecule has 2 atom stereocenters. The fraction of sp³-hybridized carbons (Fsp3) is 0.296. The largest absolute Gasteiger partial charge is 0.291 e. The summed E-state index contributed by atoms with van der Waals surface area (Å²) in [5.74, 6) is -1.86. The Hall–Kier alpha value is -4.06. The van der Waals surface area contributed by atoms with Gasteiger partial charge < -0.3 is 0 Å². The maximum absolute atomic E-state index is 14.1. The van der Waals surface area contributed by atoms with Crippen molar-refractivity contribution in [2.24, 2.45) is 18.4 Å². The number of ketones is 1. The molecule has 1 saturated carbocycles. The number of carbonyl (C=O) groups is 1. The minimum atomic E-state index is -3.79. The summed E-state index contributed by atoms with van der Waals surface area (Å²) in [6.45, 7) is 0. The van der Waals surface area contributed by atoms with Gasteiger partial charge in [-0.25, -0.2) is 26.9 Å². The molecular formula is C27H24F2N6O3S. The van der Waals surface area contributed by atoms with Gasteiger partial charge in [0, 0.05) is 19.3 Å². The van der Waals surface area contributed by atoms with Crippen LogP contribution in [0.5, 0.6) is 0 Å². The van der Waals surface area contributed by atoms with Gasteiger partial charge in [0.25, 0.3) is 5.16 Å². The van der Waals surface area contributed by atoms with E-state index < -0.39 is 21.1 Å². The highest BCUT2D eigenvalue weighted by Crippen LogP contribution is 2.52. The highest BCUT2D eigenvalue weighted by Gasteiger charge is 2.50. The van der Waals surface area contributed by atoms with Crippen LogP contribution in [0.1, 0.15) is 41.0 Å². The molecule has 0 N–H and O–H groups in total. The zero-order valence-electron chi connectivity index (χ0n) is 21.0. The number of sulfone groups is 1. The molecule has 3 heterocycles. The van der Waals surface area contributed by atoms with Crippen LogP contribution in [0.25, 0.3) is 11.8 Å². The van der Waals surface area contributed by atoms with Crippen molar-refractivity contribution in [2.45, 2.75) is 30.8 Å². The number of benzene rings is 1. The van der Waals surface area contributed by atoms with Crippen LogP contribution in [-0.2, 0) is 23.3 Å². The normalized spacial score (nSPS) is 20.7. The first-order valence-electron chi connectivity index (χ1n) is 12.4. The lowest BCUT2D eigenvalue weighted by atomic mass is 9.59. The van der Waals surface area contributed by atoms with Gasteiger partial charge in [0.05, 0.1) is 28.7 Å². The van der Waals surface area contributed by atoms with E-state index in [0.717, 1.165) is 22.9 Å². The van der Waals surface area contributed by atoms with Crippen molar-refractivity contribution in [1.29, 1.82) is 0 Å². The number of halogens is 2. The number of hydrogen-bond donors (Lipinski definition) is 0. The lowest BCUT2D eigenvalue weighted by Crippen LogP contribution is -2.43. The lowest BCUT2D eigenvalue weighted by molar-refractivity contribution is 0.0762. The van der Waals surface area contributed by atoms with Crippen LogP contribution >= 0.6 is 0 Å². The van der Waals surface area contributed by atoms with E-state index in [2.05, 4.69) is 20.2 Å². The summed E-state index contributed by atoms with van der Waals surface area (Å²) in [6.07, 6.45) is 7.65. The quantitative estimate of drug-likeness (QED) is 0.336. The molecule has 200 valence electrons. The average Bonchev–Trinajstić information content (AvgIpc) is 3.53. The van der Waals surface area contributed by atoms with Gasteiger partial charge in [-0.1, -0.05) is 5.57 Å². The highest BCUT2D eigenvalue weighted by molar-refractivity contribution is 7.91. The highest BCUT2D eigenvalue weighted by atomic mass is 32.2. The molecular weight excluding hydrogens is 526 g/mol. The first-order chi connectivity index (χ1) is 18.6. The monoisotopic (exact) mass is 550 g/mol. The minimum absolute atomic E-state index is 0.00910. The van der Waals surface area contributed by atoms with Crippen LogP contribution in [0.4, 0.5) is 8.78 Å². The number of aromatic nitrogens is 6. The van der Waals surface area contributed by atoms with Gasteiger partial charge in [-0.2, -0.15) is 5.10 Å². The maximum Gasteiger partial charge on any atom is 0.266 e. The predicted octanol–water partition coefficient (Wildman–Crippen LogP) is 3.76. The molecule has 9 nitrogen and oxygen atoms in total. The fourth-order valence-electron chi connectivity index (χ4n) is 5.76. The molecule has 0 unspecified atom stereocenters. The first kappa shape index (κ1) is 25.2. The minimum Gasteiger partial charge on any atom is -0.291 e. The lowest BCUT2D eigenvalue weighted by Gasteiger charge is -2.43. The van der Waals surface area contributed by atoms with Crippen molar-refractivity contribution < 1.29 is 22.0 Å². The Balaban J connectivity index is 1.40. The summed E-state index contributed by atoms with van der Waals surface area (Å²) >= 11 is 0. The average molecular weight is 551 g/mol. The Kier molecular flexibility index (Phi) is 6.01. The summed E-state index contributed by atoms with van der Waals surface area (Å²) in [4.78, 5) is 22.2. The summed E-state index contributed by atoms with van der Waals surface area (Å²) in [6, 6.07) is 8.24. The van der Waals surface area contributed by atoms with Gasteiger partial charge in [0.2, 0.25) is 9.84 Å². The Bertz CT molecular complexity index is 1730. The van der Waals surface area contributed by atoms with E-state index in [1.807, 2.05) is 6.08 Å². The molecule has 3 aromatic heterocycles. The molecule has 6 rings (SSSR count). The molecule has 2 aliphatic rings. The van der Waals surface area contributed by atoms with Gasteiger partial charge in [-0.15, -0.1) is 5.10 Å². The van der Waals surface area contributed by atoms with E-state index >= 15 is 0 Å². The molecule has 0 radical (unpaired) electrons. The van der Waals surface area contributed by atoms with Crippen molar-refractivity contribution in [3.8, 4) is 5.69 Å². The van der Waals surface area contributed by atoms with Crippen LogP contribution in [0, 0.1) is 23.0 Å². The SMILES string of the molecule is Cn1cnc(S(=O)(=O)C[C@H]2CCC3=Cc4c(cnn4-c4ccc(F)cc4)C[C@]3(C(=O)c3cc(F)ccn3)C2)n1. The van der Waals surface area contributed by atoms with Gasteiger partial charge in [0.1, 0.15) is 23.7 Å². The van der Waals surface area contributed by atoms with Crippen molar-refractivity contribution in [2.75, 3.05) is 5.75 Å². The zero-order valence-corrected chi connectivity index (χ0v) is 21.8. The molecule has 0 bridgehead atoms. The second-order valence-electron chi connectivity index (χ2n) is 10.2. The van der Waals surface area contributed by atoms with Crippen molar-refractivity contribution in [3.05, 3.63) is 89.3 Å². The smallest absolute Gasteiger partial charge is 0.266 e. The van der Waals surface area contributed by atoms with Crippen LogP contribution in [-0.4, -0.2) is 49.5 Å². The third kappa shape index (κ3) is 4.48. The van der Waals surface area contributed by atoms with Gasteiger partial charge in [-0.05, 0) is 73.6 Å². The molecule has 0 spiro atoms. The standard InChI is InChI=1S/C27H24F2N6O3S/c1-34-16-31-26(33-34)39(37,38)15-17-2-3-19-10-24-18(14-32-35(24)22-6-4-20(28)5-7-22)13-27(19,12-17)25(36)23-11-21(29)8-9-30-23/h4-11,14,16-17H,2-3,12-13,15H2,1H3/t17-,27+/m0/s1. The van der Waals surface area contributed by atoms with Crippen molar-refractivity contribution in [3.63, 3.8) is 0 Å². The summed E-state index contributed by atoms with van der Waals surface area (Å²) in [7, 11) is -2.20. The predicted molar refractivity (Wildman–Crippen MR) is 137 cm³/mol. The number of fused-ring (bicyclic) bond motifs is 2. The van der Waals surface area contributed by atoms with Crippen LogP contribution in [0.3, 0.4) is 0 Å². The number of hydrogen-bond acceptors (Lipinski definition) is 7. The van der Waals surface area contributed by atoms with E-state index in [0.29, 0.717) is 18.5 Å². The summed E-state index contributed by atoms with van der Waals surface area (Å²) < 4.78 is 56.9. The number of nitrogens with zero attached hydrogens (tertiary/aromatic N) is 6. The zero-order chi connectivity index (χ0) is 27.4. The van der Waals surface area contributed by atoms with Crippen LogP contribution < -0.4 is 0 Å². The van der Waals surface area contributed by atoms with Crippen LogP contribution in [0.15, 0.2) is 65.8 Å². The molecule has 4 aromatic rings. The first-order valence-corrected chi connectivity index (χ1v) is 14.1. The summed E-state index contributed by atoms with van der Waals surface area (Å²) in [5.41, 5.74) is 1.92. The third-order valence-corrected chi connectivity index (χ3v) is 9.19. The number of allylic oxidation sites excluding steroid dienone is 1. The number of aryl methyl sites for hydroxylation is 1. The maximum atomic E-state index is 14.1. The van der Waals surface area contributed by atoms with Crippen LogP contribution in [0.2, 0.25) is 0 Å². The molecule has 1 fully saturated rings. The van der Waals surface area contributed by atoms with E-state index in [9.17, 15) is 22.0 Å². The molecule has 0 amide bonds. The summed E-state index contributed by atoms with van der Waals surface area (Å²) in [5, 5.41) is 8.21. The van der Waals surface area contributed by atoms with Crippen molar-refractivity contribution in [1.82, 2.24) is 29.5 Å². The topological polar surface area (TPSA) is 113 Å². The van der Waals surface area contributed by atoms with E-state index in [1.165, 1.54) is 35.4 Å². The van der Waals surface area contributed by atoms with Gasteiger partial charge >= 0.3 is 0 Å². The number of rotatable bonds is 6. The molecule has 0 aliphatic heterocycles. The Morgan fingerprint density at radius 2 is 1.92 bits per heavy atom. The number of Topliss-reactive ketones (excluding diaryl/α,β-unsaturated/α-hetero) is 1. The molecule has 39 heavy (non-hydrogen) atoms. The van der Waals surface area contributed by atoms with Gasteiger partial charge in [0.15, 0.2) is 5.78 Å². The van der Waals surface area contributed by atoms with Crippen molar-refractivity contribution >= 4 is 21.7 Å². The second-order valence-corrected chi connectivity index (χ2v) is 12.1. The fourth-order valence-corrected chi connectivity index (χ4v) is 7.28. The van der Waals surface area contributed by atoms with E-state index in [1.54, 1.807) is 30.1 Å². The molecule has 12 heteroatoms. The van der Waals surface area contributed by atoms with Gasteiger partial charge in [-0.3, -0.25) is 14.5 Å². The number of pyridine rings is 1. The Labute approximate surface area is 223 Å². The second kappa shape index (κ2) is 9.30. The van der Waals surface area contributed by atoms with E-state index in [-0.39, 0.29) is 47.0 Å². The van der Waals surface area contributed by atoms with E-state index in [4.69, 9.17) is 0 Å². The third-order valence-electron chi connectivity index (χ3n) is 7.54. The Morgan fingerprint density at radius 1 is 1.13 bits per heavy atom. The molecule has 1 aromatic carbocycles.